The second-order valence-corrected chi connectivity index (χ2v) is 5.90. The van der Waals surface area contributed by atoms with Crippen molar-refractivity contribution in [2.24, 2.45) is 0 Å². The monoisotopic (exact) mass is 300 g/mol. The summed E-state index contributed by atoms with van der Waals surface area (Å²) in [6.07, 6.45) is 0.352. The van der Waals surface area contributed by atoms with Gasteiger partial charge in [-0.05, 0) is 36.4 Å². The molecule has 0 saturated heterocycles. The van der Waals surface area contributed by atoms with Gasteiger partial charge in [-0.1, -0.05) is 23.2 Å². The molecule has 0 radical (unpaired) electrons. The predicted molar refractivity (Wildman–Crippen MR) is 75.0 cm³/mol. The molecule has 0 bridgehead atoms. The van der Waals surface area contributed by atoms with Crippen molar-refractivity contribution < 1.29 is 9.53 Å². The number of hydrogen-bond donors (Lipinski definition) is 0. The van der Waals surface area contributed by atoms with Crippen LogP contribution in [0.3, 0.4) is 0 Å². The second-order valence-electron chi connectivity index (χ2n) is 3.66. The second kappa shape index (κ2) is 6.23. The standard InChI is InChI=1S/C13H10Cl2O2S/c14-9-1-3-11(4-2-9)17-8-10(16)7-12-5-6-13(15)18-12/h1-6H,7-8H2. The van der Waals surface area contributed by atoms with Gasteiger partial charge in [0.05, 0.1) is 4.34 Å². The van der Waals surface area contributed by atoms with Gasteiger partial charge in [-0.25, -0.2) is 0 Å². The number of carbonyl (C=O) groups excluding carboxylic acids is 1. The fourth-order valence-electron chi connectivity index (χ4n) is 1.39. The molecule has 0 aliphatic carbocycles. The highest BCUT2D eigenvalue weighted by Gasteiger charge is 2.07. The average Bonchev–Trinajstić information content (AvgIpc) is 2.74. The minimum atomic E-state index is 0.0171. The van der Waals surface area contributed by atoms with Crippen LogP contribution >= 0.6 is 34.5 Å². The van der Waals surface area contributed by atoms with Crippen molar-refractivity contribution in [3.63, 3.8) is 0 Å². The zero-order chi connectivity index (χ0) is 13.0. The molecule has 94 valence electrons. The van der Waals surface area contributed by atoms with E-state index in [9.17, 15) is 4.79 Å². The summed E-state index contributed by atoms with van der Waals surface area (Å²) in [5, 5.41) is 0.641. The van der Waals surface area contributed by atoms with Gasteiger partial charge in [0.25, 0.3) is 0 Å². The molecule has 2 aromatic rings. The highest BCUT2D eigenvalue weighted by atomic mass is 35.5. The molecule has 2 nitrogen and oxygen atoms in total. The Morgan fingerprint density at radius 3 is 2.44 bits per heavy atom. The molecule has 0 N–H and O–H groups in total. The first-order valence-electron chi connectivity index (χ1n) is 5.28. The van der Waals surface area contributed by atoms with Gasteiger partial charge in [-0.3, -0.25) is 4.79 Å². The Kier molecular flexibility index (Phi) is 4.64. The van der Waals surface area contributed by atoms with Crippen LogP contribution in [0.15, 0.2) is 36.4 Å². The van der Waals surface area contributed by atoms with Gasteiger partial charge in [0.1, 0.15) is 12.4 Å². The smallest absolute Gasteiger partial charge is 0.175 e. The van der Waals surface area contributed by atoms with Crippen LogP contribution in [-0.2, 0) is 11.2 Å². The van der Waals surface area contributed by atoms with E-state index < -0.39 is 0 Å². The van der Waals surface area contributed by atoms with E-state index in [1.54, 1.807) is 30.3 Å². The molecule has 0 fully saturated rings. The van der Waals surface area contributed by atoms with Crippen molar-refractivity contribution in [3.8, 4) is 5.75 Å². The number of thiophene rings is 1. The van der Waals surface area contributed by atoms with E-state index in [1.165, 1.54) is 11.3 Å². The number of carbonyl (C=O) groups is 1. The van der Waals surface area contributed by atoms with E-state index in [1.807, 2.05) is 6.07 Å². The molecule has 1 heterocycles. The minimum absolute atomic E-state index is 0.0171. The Morgan fingerprint density at radius 2 is 1.83 bits per heavy atom. The van der Waals surface area contributed by atoms with E-state index in [4.69, 9.17) is 27.9 Å². The normalized spacial score (nSPS) is 10.3. The molecule has 0 aliphatic rings. The quantitative estimate of drug-likeness (QED) is 0.825. The number of ether oxygens (including phenoxy) is 1. The van der Waals surface area contributed by atoms with Crippen LogP contribution in [0.25, 0.3) is 0 Å². The maximum absolute atomic E-state index is 11.7. The molecule has 0 atom stereocenters. The van der Waals surface area contributed by atoms with Gasteiger partial charge in [-0.15, -0.1) is 11.3 Å². The number of benzene rings is 1. The highest BCUT2D eigenvalue weighted by Crippen LogP contribution is 2.22. The number of rotatable bonds is 5. The number of halogens is 2. The van der Waals surface area contributed by atoms with Crippen molar-refractivity contribution >= 4 is 40.3 Å². The van der Waals surface area contributed by atoms with Gasteiger partial charge in [0.2, 0.25) is 0 Å². The van der Waals surface area contributed by atoms with Gasteiger partial charge < -0.3 is 4.74 Å². The van der Waals surface area contributed by atoms with Gasteiger partial charge >= 0.3 is 0 Å². The lowest BCUT2D eigenvalue weighted by Gasteiger charge is -2.04. The molecule has 2 rings (SSSR count). The number of Topliss-reactive ketones (excluding diaryl/α,β-unsaturated/α-hetero) is 1. The fraction of sp³-hybridized carbons (Fsp3) is 0.154. The van der Waals surface area contributed by atoms with Crippen molar-refractivity contribution in [1.82, 2.24) is 0 Å². The number of ketones is 1. The van der Waals surface area contributed by atoms with Crippen LogP contribution in [-0.4, -0.2) is 12.4 Å². The molecule has 18 heavy (non-hydrogen) atoms. The molecule has 0 amide bonds. The molecule has 0 spiro atoms. The molecule has 5 heteroatoms. The summed E-state index contributed by atoms with van der Waals surface area (Å²) in [7, 11) is 0. The zero-order valence-electron chi connectivity index (χ0n) is 9.36. The minimum Gasteiger partial charge on any atom is -0.486 e. The first kappa shape index (κ1) is 13.4. The third kappa shape index (κ3) is 4.02. The Balaban J connectivity index is 1.83. The third-order valence-electron chi connectivity index (χ3n) is 2.21. The van der Waals surface area contributed by atoms with E-state index in [2.05, 4.69) is 0 Å². The zero-order valence-corrected chi connectivity index (χ0v) is 11.7. The lowest BCUT2D eigenvalue weighted by molar-refractivity contribution is -0.120. The molecule has 1 aromatic heterocycles. The largest absolute Gasteiger partial charge is 0.486 e. The third-order valence-corrected chi connectivity index (χ3v) is 3.70. The molecule has 0 unspecified atom stereocenters. The lowest BCUT2D eigenvalue weighted by Crippen LogP contribution is -2.13. The average molecular weight is 301 g/mol. The summed E-state index contributed by atoms with van der Waals surface area (Å²) < 4.78 is 6.06. The summed E-state index contributed by atoms with van der Waals surface area (Å²) in [5.74, 6) is 0.653. The summed E-state index contributed by atoms with van der Waals surface area (Å²) in [5.41, 5.74) is 0. The van der Waals surface area contributed by atoms with Crippen LogP contribution in [0.5, 0.6) is 5.75 Å². The fourth-order valence-corrected chi connectivity index (χ4v) is 2.63. The van der Waals surface area contributed by atoms with Crippen LogP contribution in [0, 0.1) is 0 Å². The highest BCUT2D eigenvalue weighted by molar-refractivity contribution is 7.16. The Labute approximate surface area is 119 Å². The molecular weight excluding hydrogens is 291 g/mol. The van der Waals surface area contributed by atoms with Crippen LogP contribution in [0.1, 0.15) is 4.88 Å². The molecular formula is C13H10Cl2O2S. The Morgan fingerprint density at radius 1 is 1.11 bits per heavy atom. The number of hydrogen-bond acceptors (Lipinski definition) is 3. The topological polar surface area (TPSA) is 26.3 Å². The van der Waals surface area contributed by atoms with Crippen LogP contribution in [0.2, 0.25) is 9.36 Å². The Hall–Kier alpha value is -1.03. The summed E-state index contributed by atoms with van der Waals surface area (Å²) in [6, 6.07) is 10.6. The van der Waals surface area contributed by atoms with Crippen molar-refractivity contribution in [3.05, 3.63) is 50.6 Å². The molecule has 0 aliphatic heterocycles. The maximum Gasteiger partial charge on any atom is 0.175 e. The van der Waals surface area contributed by atoms with Gasteiger partial charge in [-0.2, -0.15) is 0 Å². The van der Waals surface area contributed by atoms with Crippen LogP contribution < -0.4 is 4.74 Å². The molecule has 1 aromatic carbocycles. The van der Waals surface area contributed by atoms with Gasteiger partial charge in [0.15, 0.2) is 5.78 Å². The van der Waals surface area contributed by atoms with Crippen LogP contribution in [0.4, 0.5) is 0 Å². The summed E-state index contributed by atoms with van der Waals surface area (Å²) in [4.78, 5) is 12.6. The Bertz CT molecular complexity index is 534. The van der Waals surface area contributed by atoms with Crippen molar-refractivity contribution in [2.75, 3.05) is 6.61 Å². The van der Waals surface area contributed by atoms with E-state index in [0.717, 1.165) is 4.88 Å². The maximum atomic E-state index is 11.7. The lowest BCUT2D eigenvalue weighted by atomic mass is 10.2. The summed E-state index contributed by atoms with van der Waals surface area (Å²) >= 11 is 13.0. The predicted octanol–water partition coefficient (Wildman–Crippen LogP) is 4.25. The molecule has 0 saturated carbocycles. The first-order chi connectivity index (χ1) is 8.63. The van der Waals surface area contributed by atoms with E-state index in [-0.39, 0.29) is 12.4 Å². The first-order valence-corrected chi connectivity index (χ1v) is 6.85. The summed E-state index contributed by atoms with van der Waals surface area (Å²) in [6.45, 7) is 0.0527. The van der Waals surface area contributed by atoms with E-state index >= 15 is 0 Å². The van der Waals surface area contributed by atoms with Crippen molar-refractivity contribution in [1.29, 1.82) is 0 Å². The van der Waals surface area contributed by atoms with Gasteiger partial charge in [0, 0.05) is 16.3 Å². The van der Waals surface area contributed by atoms with Crippen molar-refractivity contribution in [2.45, 2.75) is 6.42 Å². The SMILES string of the molecule is O=C(COc1ccc(Cl)cc1)Cc1ccc(Cl)s1. The van der Waals surface area contributed by atoms with E-state index in [0.29, 0.717) is 21.5 Å².